The number of nitrogens with zero attached hydrogens (tertiary/aromatic N) is 1. The fourth-order valence-corrected chi connectivity index (χ4v) is 3.98. The molecule has 2 heteroatoms. The van der Waals surface area contributed by atoms with Crippen LogP contribution in [-0.4, -0.2) is 37.7 Å². The third-order valence-corrected chi connectivity index (χ3v) is 5.23. The number of rotatable bonds is 7. The van der Waals surface area contributed by atoms with Crippen molar-refractivity contribution in [3.05, 3.63) is 71.8 Å². The fourth-order valence-electron chi connectivity index (χ4n) is 3.98. The van der Waals surface area contributed by atoms with Crippen LogP contribution in [-0.2, 0) is 11.2 Å². The maximum Gasteiger partial charge on any atom is 0.0546 e. The van der Waals surface area contributed by atoms with Crippen LogP contribution in [0.25, 0.3) is 0 Å². The lowest BCUT2D eigenvalue weighted by molar-refractivity contribution is 0.0828. The number of hydrogen-bond acceptors (Lipinski definition) is 2. The Morgan fingerprint density at radius 2 is 1.71 bits per heavy atom. The highest BCUT2D eigenvalue weighted by Gasteiger charge is 2.30. The Bertz CT molecular complexity index is 583. The van der Waals surface area contributed by atoms with Gasteiger partial charge in [0.25, 0.3) is 0 Å². The van der Waals surface area contributed by atoms with Gasteiger partial charge in [-0.25, -0.2) is 0 Å². The van der Waals surface area contributed by atoms with E-state index in [0.29, 0.717) is 12.0 Å². The minimum atomic E-state index is 0.465. The van der Waals surface area contributed by atoms with Crippen molar-refractivity contribution in [2.24, 2.45) is 0 Å². The van der Waals surface area contributed by atoms with Crippen molar-refractivity contribution in [1.29, 1.82) is 0 Å². The average Bonchev–Trinajstić information content (AvgIpc) is 2.66. The van der Waals surface area contributed by atoms with Gasteiger partial charge in [0.05, 0.1) is 6.61 Å². The van der Waals surface area contributed by atoms with Crippen LogP contribution in [0.2, 0.25) is 0 Å². The van der Waals surface area contributed by atoms with Crippen LogP contribution >= 0.6 is 0 Å². The molecule has 24 heavy (non-hydrogen) atoms. The zero-order valence-electron chi connectivity index (χ0n) is 14.7. The molecule has 1 fully saturated rings. The summed E-state index contributed by atoms with van der Waals surface area (Å²) in [6, 6.07) is 22.3. The largest absolute Gasteiger partial charge is 0.384 e. The predicted molar refractivity (Wildman–Crippen MR) is 100 cm³/mol. The summed E-state index contributed by atoms with van der Waals surface area (Å²) in [4.78, 5) is 2.70. The molecule has 0 aromatic heterocycles. The van der Waals surface area contributed by atoms with E-state index in [2.05, 4.69) is 65.6 Å². The summed E-state index contributed by atoms with van der Waals surface area (Å²) in [6.45, 7) is 3.16. The average molecular weight is 323 g/mol. The van der Waals surface area contributed by atoms with Gasteiger partial charge in [0, 0.05) is 25.6 Å². The van der Waals surface area contributed by atoms with Gasteiger partial charge in [-0.1, -0.05) is 67.1 Å². The van der Waals surface area contributed by atoms with E-state index in [4.69, 9.17) is 4.74 Å². The molecule has 0 unspecified atom stereocenters. The SMILES string of the molecule is COC[C@H](c1ccccc1)[C@H]1CCCCN1CCc1ccccc1. The molecule has 1 saturated heterocycles. The second-order valence-corrected chi connectivity index (χ2v) is 6.81. The van der Waals surface area contributed by atoms with E-state index in [9.17, 15) is 0 Å². The lowest BCUT2D eigenvalue weighted by atomic mass is 9.85. The van der Waals surface area contributed by atoms with Crippen molar-refractivity contribution in [2.75, 3.05) is 26.8 Å². The van der Waals surface area contributed by atoms with E-state index in [1.54, 1.807) is 0 Å². The lowest BCUT2D eigenvalue weighted by Gasteiger charge is -2.40. The van der Waals surface area contributed by atoms with Gasteiger partial charge in [-0.15, -0.1) is 0 Å². The van der Waals surface area contributed by atoms with Crippen LogP contribution in [0.15, 0.2) is 60.7 Å². The van der Waals surface area contributed by atoms with Crippen molar-refractivity contribution >= 4 is 0 Å². The van der Waals surface area contributed by atoms with Crippen LogP contribution in [0.1, 0.15) is 36.3 Å². The number of methoxy groups -OCH3 is 1. The summed E-state index contributed by atoms with van der Waals surface area (Å²) in [5.41, 5.74) is 2.85. The molecule has 2 aromatic rings. The summed E-state index contributed by atoms with van der Waals surface area (Å²) in [5, 5.41) is 0. The van der Waals surface area contributed by atoms with Gasteiger partial charge in [-0.05, 0) is 36.9 Å². The van der Waals surface area contributed by atoms with Gasteiger partial charge >= 0.3 is 0 Å². The molecule has 0 spiro atoms. The van der Waals surface area contributed by atoms with E-state index in [0.717, 1.165) is 19.6 Å². The number of ether oxygens (including phenoxy) is 1. The minimum absolute atomic E-state index is 0.465. The van der Waals surface area contributed by atoms with E-state index in [-0.39, 0.29) is 0 Å². The zero-order chi connectivity index (χ0) is 16.6. The molecule has 0 amide bonds. The van der Waals surface area contributed by atoms with Crippen molar-refractivity contribution < 1.29 is 4.74 Å². The molecule has 3 rings (SSSR count). The molecular formula is C22H29NO. The van der Waals surface area contributed by atoms with Gasteiger partial charge < -0.3 is 4.74 Å². The number of piperidine rings is 1. The summed E-state index contributed by atoms with van der Waals surface area (Å²) in [5.74, 6) is 0.465. The molecule has 2 aromatic carbocycles. The Labute approximate surface area is 146 Å². The van der Waals surface area contributed by atoms with E-state index >= 15 is 0 Å². The van der Waals surface area contributed by atoms with E-state index < -0.39 is 0 Å². The van der Waals surface area contributed by atoms with Crippen LogP contribution in [0.3, 0.4) is 0 Å². The highest BCUT2D eigenvalue weighted by atomic mass is 16.5. The zero-order valence-corrected chi connectivity index (χ0v) is 14.7. The maximum atomic E-state index is 5.60. The summed E-state index contributed by atoms with van der Waals surface area (Å²) < 4.78 is 5.60. The van der Waals surface area contributed by atoms with Gasteiger partial charge in [0.2, 0.25) is 0 Å². The molecule has 1 aliphatic rings. The van der Waals surface area contributed by atoms with Crippen molar-refractivity contribution in [3.63, 3.8) is 0 Å². The van der Waals surface area contributed by atoms with Crippen LogP contribution in [0.4, 0.5) is 0 Å². The molecule has 0 aliphatic carbocycles. The number of benzene rings is 2. The molecule has 128 valence electrons. The first-order valence-corrected chi connectivity index (χ1v) is 9.20. The summed E-state index contributed by atoms with van der Waals surface area (Å²) in [7, 11) is 1.83. The normalized spacial score (nSPS) is 20.0. The van der Waals surface area contributed by atoms with Crippen LogP contribution in [0.5, 0.6) is 0 Å². The first kappa shape index (κ1) is 17.2. The standard InChI is InChI=1S/C22H29NO/c1-24-18-21(20-12-6-3-7-13-20)22-14-8-9-16-23(22)17-15-19-10-4-2-5-11-19/h2-7,10-13,21-22H,8-9,14-18H2,1H3/t21-,22-/m1/s1. The fraction of sp³-hybridized carbons (Fsp3) is 0.455. The highest BCUT2D eigenvalue weighted by Crippen LogP contribution is 2.31. The topological polar surface area (TPSA) is 12.5 Å². The monoisotopic (exact) mass is 323 g/mol. The highest BCUT2D eigenvalue weighted by molar-refractivity contribution is 5.22. The van der Waals surface area contributed by atoms with E-state index in [1.165, 1.54) is 36.9 Å². The Morgan fingerprint density at radius 1 is 1.00 bits per heavy atom. The Morgan fingerprint density at radius 3 is 2.42 bits per heavy atom. The molecule has 2 nitrogen and oxygen atoms in total. The number of hydrogen-bond donors (Lipinski definition) is 0. The van der Waals surface area contributed by atoms with E-state index in [1.807, 2.05) is 7.11 Å². The third-order valence-electron chi connectivity index (χ3n) is 5.23. The Hall–Kier alpha value is -1.64. The first-order valence-electron chi connectivity index (χ1n) is 9.20. The second kappa shape index (κ2) is 9.00. The Balaban J connectivity index is 1.72. The van der Waals surface area contributed by atoms with Gasteiger partial charge in [0.15, 0.2) is 0 Å². The second-order valence-electron chi connectivity index (χ2n) is 6.81. The molecule has 0 bridgehead atoms. The maximum absolute atomic E-state index is 5.60. The summed E-state index contributed by atoms with van der Waals surface area (Å²) in [6.07, 6.45) is 5.06. The lowest BCUT2D eigenvalue weighted by Crippen LogP contribution is -2.45. The van der Waals surface area contributed by atoms with Crippen molar-refractivity contribution in [2.45, 2.75) is 37.6 Å². The van der Waals surface area contributed by atoms with Crippen molar-refractivity contribution in [3.8, 4) is 0 Å². The smallest absolute Gasteiger partial charge is 0.0546 e. The third kappa shape index (κ3) is 4.46. The summed E-state index contributed by atoms with van der Waals surface area (Å²) >= 11 is 0. The molecule has 1 heterocycles. The Kier molecular flexibility index (Phi) is 6.45. The molecule has 0 radical (unpaired) electrons. The van der Waals surface area contributed by atoms with Crippen LogP contribution < -0.4 is 0 Å². The number of likely N-dealkylation sites (tertiary alicyclic amines) is 1. The van der Waals surface area contributed by atoms with Crippen molar-refractivity contribution in [1.82, 2.24) is 4.90 Å². The minimum Gasteiger partial charge on any atom is -0.384 e. The van der Waals surface area contributed by atoms with Gasteiger partial charge in [-0.2, -0.15) is 0 Å². The molecule has 0 saturated carbocycles. The van der Waals surface area contributed by atoms with Crippen LogP contribution in [0, 0.1) is 0 Å². The molecule has 0 N–H and O–H groups in total. The quantitative estimate of drug-likeness (QED) is 0.743. The molecule has 2 atom stereocenters. The first-order chi connectivity index (χ1) is 11.9. The molecule has 1 aliphatic heterocycles. The molecular weight excluding hydrogens is 294 g/mol. The predicted octanol–water partition coefficient (Wildman–Crippen LogP) is 4.51. The van der Waals surface area contributed by atoms with Gasteiger partial charge in [0.1, 0.15) is 0 Å². The van der Waals surface area contributed by atoms with Gasteiger partial charge in [-0.3, -0.25) is 4.90 Å².